The lowest BCUT2D eigenvalue weighted by Crippen LogP contribution is -2.36. The van der Waals surface area contributed by atoms with E-state index in [1.807, 2.05) is 13.1 Å². The Balaban J connectivity index is 2.18. The van der Waals surface area contributed by atoms with Crippen molar-refractivity contribution in [2.45, 2.75) is 32.5 Å². The average molecular weight is 305 g/mol. The Kier molecular flexibility index (Phi) is 6.17. The van der Waals surface area contributed by atoms with Gasteiger partial charge in [-0.05, 0) is 34.9 Å². The van der Waals surface area contributed by atoms with Gasteiger partial charge in [-0.25, -0.2) is 4.98 Å². The molecule has 0 fully saturated rings. The van der Waals surface area contributed by atoms with Gasteiger partial charge in [0.1, 0.15) is 5.82 Å². The van der Waals surface area contributed by atoms with Crippen LogP contribution in [0.1, 0.15) is 24.5 Å². The predicted molar refractivity (Wildman–Crippen MR) is 88.5 cm³/mol. The largest absolute Gasteiger partial charge is 0.395 e. The summed E-state index contributed by atoms with van der Waals surface area (Å²) in [6.45, 7) is 3.92. The highest BCUT2D eigenvalue weighted by atomic mass is 32.1. The van der Waals surface area contributed by atoms with E-state index in [2.05, 4.69) is 45.0 Å². The summed E-state index contributed by atoms with van der Waals surface area (Å²) in [4.78, 5) is 6.68. The van der Waals surface area contributed by atoms with E-state index in [-0.39, 0.29) is 12.6 Å². The van der Waals surface area contributed by atoms with Gasteiger partial charge in [0, 0.05) is 37.9 Å². The Bertz CT molecular complexity index is 526. The number of hydrogen-bond donors (Lipinski definition) is 2. The van der Waals surface area contributed by atoms with E-state index in [0.717, 1.165) is 30.9 Å². The Labute approximate surface area is 130 Å². The summed E-state index contributed by atoms with van der Waals surface area (Å²) >= 11 is 1.71. The molecule has 0 spiro atoms. The topological polar surface area (TPSA) is 48.4 Å². The second-order valence-electron chi connectivity index (χ2n) is 5.04. The molecule has 2 heterocycles. The number of aliphatic hydroxyl groups is 1. The maximum atomic E-state index is 9.66. The summed E-state index contributed by atoms with van der Waals surface area (Å²) in [6, 6.07) is 6.35. The van der Waals surface area contributed by atoms with E-state index in [1.54, 1.807) is 17.5 Å². The zero-order chi connectivity index (χ0) is 15.1. The second kappa shape index (κ2) is 8.12. The Morgan fingerprint density at radius 2 is 2.24 bits per heavy atom. The van der Waals surface area contributed by atoms with E-state index in [0.29, 0.717) is 0 Å². The number of pyridine rings is 1. The zero-order valence-electron chi connectivity index (χ0n) is 12.6. The van der Waals surface area contributed by atoms with Crippen LogP contribution in [0.4, 0.5) is 5.82 Å². The number of hydrogen-bond acceptors (Lipinski definition) is 5. The van der Waals surface area contributed by atoms with Crippen molar-refractivity contribution in [2.75, 3.05) is 19.0 Å². The normalized spacial score (nSPS) is 12.6. The molecule has 0 aliphatic carbocycles. The van der Waals surface area contributed by atoms with Gasteiger partial charge in [0.25, 0.3) is 0 Å². The minimum absolute atomic E-state index is 0.162. The van der Waals surface area contributed by atoms with Gasteiger partial charge in [0.2, 0.25) is 0 Å². The van der Waals surface area contributed by atoms with Gasteiger partial charge in [-0.2, -0.15) is 11.3 Å². The van der Waals surface area contributed by atoms with Crippen molar-refractivity contribution in [3.05, 3.63) is 46.3 Å². The van der Waals surface area contributed by atoms with Crippen molar-refractivity contribution in [1.29, 1.82) is 0 Å². The first-order valence-corrected chi connectivity index (χ1v) is 8.20. The van der Waals surface area contributed by atoms with Crippen LogP contribution in [0.15, 0.2) is 35.2 Å². The number of rotatable bonds is 8. The Morgan fingerprint density at radius 1 is 1.38 bits per heavy atom. The van der Waals surface area contributed by atoms with E-state index in [1.165, 1.54) is 5.56 Å². The molecule has 21 heavy (non-hydrogen) atoms. The molecule has 0 saturated carbocycles. The van der Waals surface area contributed by atoms with Crippen LogP contribution < -0.4 is 5.32 Å². The quantitative estimate of drug-likeness (QED) is 0.787. The molecule has 5 heteroatoms. The first-order chi connectivity index (χ1) is 10.3. The lowest BCUT2D eigenvalue weighted by molar-refractivity contribution is 0.107. The molecule has 0 aliphatic rings. The van der Waals surface area contributed by atoms with Crippen LogP contribution >= 0.6 is 11.3 Å². The second-order valence-corrected chi connectivity index (χ2v) is 5.82. The summed E-state index contributed by atoms with van der Waals surface area (Å²) in [5.41, 5.74) is 2.45. The van der Waals surface area contributed by atoms with Crippen LogP contribution in [-0.4, -0.2) is 34.7 Å². The average Bonchev–Trinajstić information content (AvgIpc) is 3.02. The minimum atomic E-state index is 0.162. The van der Waals surface area contributed by atoms with E-state index in [9.17, 15) is 5.11 Å². The maximum absolute atomic E-state index is 9.66. The van der Waals surface area contributed by atoms with Crippen LogP contribution in [0.2, 0.25) is 0 Å². The molecule has 2 aromatic rings. The van der Waals surface area contributed by atoms with Crippen LogP contribution in [0.5, 0.6) is 0 Å². The number of nitrogens with zero attached hydrogens (tertiary/aromatic N) is 2. The van der Waals surface area contributed by atoms with E-state index in [4.69, 9.17) is 0 Å². The third kappa shape index (κ3) is 4.27. The minimum Gasteiger partial charge on any atom is -0.395 e. The molecule has 114 valence electrons. The summed E-state index contributed by atoms with van der Waals surface area (Å²) in [5.74, 6) is 0.903. The number of aliphatic hydroxyl groups excluding tert-OH is 1. The standard InChI is InChI=1S/C16H23N3OS/c1-3-15(11-20)19(9-13-6-8-21-12-13)10-14-5-4-7-18-16(14)17-2/h4-8,12,15,20H,3,9-11H2,1-2H3,(H,17,18)/t15-/m1/s1. The maximum Gasteiger partial charge on any atom is 0.130 e. The Hall–Kier alpha value is -1.43. The number of aromatic nitrogens is 1. The first kappa shape index (κ1) is 15.9. The molecule has 0 radical (unpaired) electrons. The predicted octanol–water partition coefficient (Wildman–Crippen LogP) is 2.96. The first-order valence-electron chi connectivity index (χ1n) is 7.26. The Morgan fingerprint density at radius 3 is 2.86 bits per heavy atom. The van der Waals surface area contributed by atoms with Crippen molar-refractivity contribution in [2.24, 2.45) is 0 Å². The highest BCUT2D eigenvalue weighted by Gasteiger charge is 2.18. The molecule has 0 aromatic carbocycles. The smallest absolute Gasteiger partial charge is 0.130 e. The molecule has 2 aromatic heterocycles. The molecule has 2 rings (SSSR count). The van der Waals surface area contributed by atoms with Gasteiger partial charge in [0.05, 0.1) is 6.61 Å². The number of thiophene rings is 1. The van der Waals surface area contributed by atoms with Crippen LogP contribution in [0.25, 0.3) is 0 Å². The molecule has 4 nitrogen and oxygen atoms in total. The number of anilines is 1. The van der Waals surface area contributed by atoms with Crippen molar-refractivity contribution >= 4 is 17.2 Å². The van der Waals surface area contributed by atoms with Crippen molar-refractivity contribution in [3.63, 3.8) is 0 Å². The van der Waals surface area contributed by atoms with E-state index >= 15 is 0 Å². The number of nitrogens with one attached hydrogen (secondary N) is 1. The fourth-order valence-corrected chi connectivity index (χ4v) is 3.10. The summed E-state index contributed by atoms with van der Waals surface area (Å²) in [6.07, 6.45) is 2.72. The van der Waals surface area contributed by atoms with Gasteiger partial charge in [-0.3, -0.25) is 4.90 Å². The van der Waals surface area contributed by atoms with Gasteiger partial charge >= 0.3 is 0 Å². The highest BCUT2D eigenvalue weighted by molar-refractivity contribution is 7.07. The lowest BCUT2D eigenvalue weighted by atomic mass is 10.1. The summed E-state index contributed by atoms with van der Waals surface area (Å²) < 4.78 is 0. The van der Waals surface area contributed by atoms with Crippen LogP contribution in [0, 0.1) is 0 Å². The SMILES string of the molecule is CC[C@H](CO)N(Cc1ccsc1)Cc1cccnc1NC. The highest BCUT2D eigenvalue weighted by Crippen LogP contribution is 2.20. The fraction of sp³-hybridized carbons (Fsp3) is 0.438. The molecular formula is C16H23N3OS. The summed E-state index contributed by atoms with van der Waals surface area (Å²) in [5, 5.41) is 17.1. The van der Waals surface area contributed by atoms with Crippen LogP contribution in [-0.2, 0) is 13.1 Å². The van der Waals surface area contributed by atoms with Gasteiger partial charge < -0.3 is 10.4 Å². The van der Waals surface area contributed by atoms with Crippen molar-refractivity contribution in [3.8, 4) is 0 Å². The molecular weight excluding hydrogens is 282 g/mol. The van der Waals surface area contributed by atoms with Gasteiger partial charge in [-0.1, -0.05) is 13.0 Å². The molecule has 0 amide bonds. The van der Waals surface area contributed by atoms with Crippen molar-refractivity contribution < 1.29 is 5.11 Å². The monoisotopic (exact) mass is 305 g/mol. The zero-order valence-corrected chi connectivity index (χ0v) is 13.4. The molecule has 1 atom stereocenters. The van der Waals surface area contributed by atoms with E-state index < -0.39 is 0 Å². The van der Waals surface area contributed by atoms with Gasteiger partial charge in [0.15, 0.2) is 0 Å². The fourth-order valence-electron chi connectivity index (χ4n) is 2.44. The van der Waals surface area contributed by atoms with Crippen molar-refractivity contribution in [1.82, 2.24) is 9.88 Å². The summed E-state index contributed by atoms with van der Waals surface area (Å²) in [7, 11) is 1.89. The molecule has 0 unspecified atom stereocenters. The molecule has 0 bridgehead atoms. The molecule has 2 N–H and O–H groups in total. The lowest BCUT2D eigenvalue weighted by Gasteiger charge is -2.30. The molecule has 0 saturated heterocycles. The van der Waals surface area contributed by atoms with Crippen LogP contribution in [0.3, 0.4) is 0 Å². The molecule has 0 aliphatic heterocycles. The third-order valence-electron chi connectivity index (χ3n) is 3.67. The van der Waals surface area contributed by atoms with Gasteiger partial charge in [-0.15, -0.1) is 0 Å². The third-order valence-corrected chi connectivity index (χ3v) is 4.40.